The molecule has 0 aliphatic carbocycles. The van der Waals surface area contributed by atoms with E-state index in [1.54, 1.807) is 25.3 Å². The highest BCUT2D eigenvalue weighted by atomic mass is 35.5. The molecule has 0 aromatic heterocycles. The smallest absolute Gasteiger partial charge is 0.255 e. The molecule has 0 fully saturated rings. The van der Waals surface area contributed by atoms with E-state index in [1.165, 1.54) is 0 Å². The topological polar surface area (TPSA) is 123 Å². The van der Waals surface area contributed by atoms with E-state index >= 15 is 0 Å². The van der Waals surface area contributed by atoms with Crippen LogP contribution >= 0.6 is 12.4 Å². The molecule has 0 aliphatic rings. The zero-order valence-electron chi connectivity index (χ0n) is 21.4. The number of nitrogens with one attached hydrogen (secondary N) is 2. The van der Waals surface area contributed by atoms with Gasteiger partial charge in [-0.05, 0) is 30.4 Å². The zero-order chi connectivity index (χ0) is 25.0. The molecule has 2 amide bonds. The molecule has 0 unspecified atom stereocenters. The first-order valence-corrected chi connectivity index (χ1v) is 11.7. The van der Waals surface area contributed by atoms with Crippen LogP contribution in [0.2, 0.25) is 0 Å². The molecule has 196 valence electrons. The van der Waals surface area contributed by atoms with Gasteiger partial charge in [0.05, 0.1) is 18.3 Å². The fourth-order valence-electron chi connectivity index (χ4n) is 3.20. The molecule has 1 aromatic carbocycles. The Morgan fingerprint density at radius 1 is 1.09 bits per heavy atom. The second kappa shape index (κ2) is 15.9. The summed E-state index contributed by atoms with van der Waals surface area (Å²) in [7, 11) is 1.64. The Morgan fingerprint density at radius 2 is 1.74 bits per heavy atom. The number of benzene rings is 1. The molecule has 0 heterocycles. The van der Waals surface area contributed by atoms with Gasteiger partial charge in [-0.25, -0.2) is 0 Å². The van der Waals surface area contributed by atoms with E-state index in [0.29, 0.717) is 37.5 Å². The van der Waals surface area contributed by atoms with Crippen LogP contribution in [-0.2, 0) is 9.53 Å². The largest absolute Gasteiger partial charge is 0.493 e. The molecular weight excluding hydrogens is 458 g/mol. The minimum absolute atomic E-state index is 0. The number of amides is 2. The lowest BCUT2D eigenvalue weighted by molar-refractivity contribution is -0.129. The van der Waals surface area contributed by atoms with Crippen molar-refractivity contribution in [2.45, 2.75) is 59.6 Å². The van der Waals surface area contributed by atoms with Gasteiger partial charge < -0.3 is 30.9 Å². The summed E-state index contributed by atoms with van der Waals surface area (Å²) in [5.41, 5.74) is 6.18. The number of methoxy groups -OCH3 is 1. The number of aliphatic hydroxyl groups excluding tert-OH is 1. The molecule has 1 rings (SSSR count). The summed E-state index contributed by atoms with van der Waals surface area (Å²) in [6.45, 7) is 11.1. The van der Waals surface area contributed by atoms with E-state index in [1.807, 2.05) is 26.8 Å². The second-order valence-corrected chi connectivity index (χ2v) is 9.83. The molecule has 8 nitrogen and oxygen atoms in total. The average molecular weight is 502 g/mol. The zero-order valence-corrected chi connectivity index (χ0v) is 22.2. The van der Waals surface area contributed by atoms with E-state index in [4.69, 9.17) is 15.2 Å². The summed E-state index contributed by atoms with van der Waals surface area (Å²) in [5, 5.41) is 16.2. The van der Waals surface area contributed by atoms with Crippen LogP contribution in [0.1, 0.15) is 57.8 Å². The van der Waals surface area contributed by atoms with Crippen molar-refractivity contribution in [1.29, 1.82) is 0 Å². The van der Waals surface area contributed by atoms with Crippen molar-refractivity contribution in [1.82, 2.24) is 10.6 Å². The highest BCUT2D eigenvalue weighted by molar-refractivity contribution is 5.96. The van der Waals surface area contributed by atoms with Gasteiger partial charge in [0.25, 0.3) is 5.91 Å². The van der Waals surface area contributed by atoms with Crippen molar-refractivity contribution >= 4 is 24.2 Å². The molecule has 0 bridgehead atoms. The molecular formula is C25H44ClN3O5. The normalized spacial score (nSPS) is 14.0. The number of rotatable bonds is 14. The lowest BCUT2D eigenvalue weighted by Crippen LogP contribution is -2.47. The van der Waals surface area contributed by atoms with Gasteiger partial charge in [0.15, 0.2) is 0 Å². The summed E-state index contributed by atoms with van der Waals surface area (Å²) in [6, 6.07) is 6.62. The highest BCUT2D eigenvalue weighted by Gasteiger charge is 2.26. The summed E-state index contributed by atoms with van der Waals surface area (Å²) in [6.07, 6.45) is 0.382. The van der Waals surface area contributed by atoms with Crippen LogP contribution in [0.4, 0.5) is 0 Å². The standard InChI is InChI=1S/C25H43N3O5.ClH/c1-17(2)18(14-20(26)21(29)16-28-24(31)25(3,4)5)15-27-23(30)19-10-7-8-11-22(19)33-13-9-12-32-6;/h7-8,10-11,17-18,20-21,29H,9,12-16,26H2,1-6H3,(H,27,30)(H,28,31);1H/t18-,20+,21+;/m1./s1. The maximum absolute atomic E-state index is 12.8. The molecule has 0 saturated carbocycles. The number of hydrogen-bond acceptors (Lipinski definition) is 6. The molecule has 9 heteroatoms. The van der Waals surface area contributed by atoms with Gasteiger partial charge in [-0.1, -0.05) is 46.8 Å². The average Bonchev–Trinajstić information content (AvgIpc) is 2.76. The molecule has 0 spiro atoms. The number of ether oxygens (including phenoxy) is 2. The van der Waals surface area contributed by atoms with E-state index in [0.717, 1.165) is 6.42 Å². The summed E-state index contributed by atoms with van der Waals surface area (Å²) >= 11 is 0. The van der Waals surface area contributed by atoms with Gasteiger partial charge in [-0.3, -0.25) is 9.59 Å². The van der Waals surface area contributed by atoms with Gasteiger partial charge in [0.1, 0.15) is 5.75 Å². The van der Waals surface area contributed by atoms with Gasteiger partial charge in [-0.2, -0.15) is 0 Å². The third-order valence-corrected chi connectivity index (χ3v) is 5.57. The lowest BCUT2D eigenvalue weighted by atomic mass is 9.87. The first kappa shape index (κ1) is 32.1. The van der Waals surface area contributed by atoms with Gasteiger partial charge >= 0.3 is 0 Å². The van der Waals surface area contributed by atoms with Crippen molar-refractivity contribution in [3.05, 3.63) is 29.8 Å². The molecule has 0 aliphatic heterocycles. The number of carbonyl (C=O) groups is 2. The summed E-state index contributed by atoms with van der Waals surface area (Å²) < 4.78 is 10.8. The first-order chi connectivity index (χ1) is 15.5. The predicted octanol–water partition coefficient (Wildman–Crippen LogP) is 2.77. The number of nitrogens with two attached hydrogens (primary N) is 1. The predicted molar refractivity (Wildman–Crippen MR) is 137 cm³/mol. The fourth-order valence-corrected chi connectivity index (χ4v) is 3.20. The van der Waals surface area contributed by atoms with Crippen LogP contribution in [0, 0.1) is 17.3 Å². The van der Waals surface area contributed by atoms with Crippen molar-refractivity contribution < 1.29 is 24.2 Å². The van der Waals surface area contributed by atoms with Crippen molar-refractivity contribution in [2.75, 3.05) is 33.4 Å². The Balaban J connectivity index is 0.0000109. The monoisotopic (exact) mass is 501 g/mol. The molecule has 0 saturated heterocycles. The minimum Gasteiger partial charge on any atom is -0.493 e. The SMILES string of the molecule is COCCCOc1ccccc1C(=O)NC[C@@H](C[C@H](N)[C@@H](O)CNC(=O)C(C)(C)C)C(C)C.Cl. The Morgan fingerprint density at radius 3 is 2.32 bits per heavy atom. The fraction of sp³-hybridized carbons (Fsp3) is 0.680. The van der Waals surface area contributed by atoms with Crippen LogP contribution in [-0.4, -0.2) is 62.5 Å². The number of hydrogen-bond donors (Lipinski definition) is 4. The quantitative estimate of drug-likeness (QED) is 0.291. The number of aliphatic hydroxyl groups is 1. The lowest BCUT2D eigenvalue weighted by Gasteiger charge is -2.28. The van der Waals surface area contributed by atoms with E-state index < -0.39 is 17.6 Å². The van der Waals surface area contributed by atoms with Crippen LogP contribution in [0.25, 0.3) is 0 Å². The van der Waals surface area contributed by atoms with Crippen molar-refractivity contribution in [3.63, 3.8) is 0 Å². The van der Waals surface area contributed by atoms with Gasteiger partial charge in [0.2, 0.25) is 5.91 Å². The van der Waals surface area contributed by atoms with Gasteiger partial charge in [0, 0.05) is 44.7 Å². The van der Waals surface area contributed by atoms with Crippen molar-refractivity contribution in [3.8, 4) is 5.75 Å². The maximum Gasteiger partial charge on any atom is 0.255 e. The number of halogens is 1. The van der Waals surface area contributed by atoms with E-state index in [-0.39, 0.29) is 42.6 Å². The second-order valence-electron chi connectivity index (χ2n) is 9.83. The highest BCUT2D eigenvalue weighted by Crippen LogP contribution is 2.20. The Labute approximate surface area is 210 Å². The number of para-hydroxylation sites is 1. The Kier molecular flexibility index (Phi) is 15.0. The van der Waals surface area contributed by atoms with Crippen LogP contribution in [0.5, 0.6) is 5.75 Å². The Bertz CT molecular complexity index is 740. The van der Waals surface area contributed by atoms with Crippen molar-refractivity contribution in [2.24, 2.45) is 23.0 Å². The van der Waals surface area contributed by atoms with E-state index in [9.17, 15) is 14.7 Å². The van der Waals surface area contributed by atoms with Crippen LogP contribution in [0.15, 0.2) is 24.3 Å². The first-order valence-electron chi connectivity index (χ1n) is 11.7. The molecule has 34 heavy (non-hydrogen) atoms. The van der Waals surface area contributed by atoms with Gasteiger partial charge in [-0.15, -0.1) is 12.4 Å². The number of carbonyl (C=O) groups excluding carboxylic acids is 2. The molecule has 5 N–H and O–H groups in total. The maximum atomic E-state index is 12.8. The van der Waals surface area contributed by atoms with Crippen LogP contribution in [0.3, 0.4) is 0 Å². The molecule has 0 radical (unpaired) electrons. The summed E-state index contributed by atoms with van der Waals surface area (Å²) in [5.74, 6) is 0.493. The Hall–Kier alpha value is -1.87. The summed E-state index contributed by atoms with van der Waals surface area (Å²) in [4.78, 5) is 24.9. The van der Waals surface area contributed by atoms with Crippen LogP contribution < -0.4 is 21.1 Å². The molecule has 3 atom stereocenters. The molecule has 1 aromatic rings. The third kappa shape index (κ3) is 11.5. The van der Waals surface area contributed by atoms with E-state index in [2.05, 4.69) is 24.5 Å². The minimum atomic E-state index is -0.866. The third-order valence-electron chi connectivity index (χ3n) is 5.57.